The van der Waals surface area contributed by atoms with Crippen LogP contribution < -0.4 is 5.32 Å². The molecule has 0 bridgehead atoms. The summed E-state index contributed by atoms with van der Waals surface area (Å²) in [5.41, 5.74) is 2.55. The molecule has 0 aliphatic carbocycles. The Labute approximate surface area is 192 Å². The molecule has 0 saturated carbocycles. The minimum Gasteiger partial charge on any atom is -0.373 e. The van der Waals surface area contributed by atoms with Crippen molar-refractivity contribution in [2.45, 2.75) is 38.7 Å². The Balaban J connectivity index is 1.26. The molecule has 0 aromatic heterocycles. The Kier molecular flexibility index (Phi) is 8.03. The van der Waals surface area contributed by atoms with Crippen LogP contribution >= 0.6 is 0 Å². The van der Waals surface area contributed by atoms with E-state index < -0.39 is 0 Å². The largest absolute Gasteiger partial charge is 0.373 e. The lowest BCUT2D eigenvalue weighted by molar-refractivity contribution is -0.131. The average Bonchev–Trinajstić information content (AvgIpc) is 3.37. The summed E-state index contributed by atoms with van der Waals surface area (Å²) < 4.78 is 6.19. The monoisotopic (exact) mass is 441 g/mol. The van der Waals surface area contributed by atoms with E-state index in [0.717, 1.165) is 84.1 Å². The third-order valence-electron chi connectivity index (χ3n) is 7.07. The second-order valence-electron chi connectivity index (χ2n) is 9.38. The van der Waals surface area contributed by atoms with Gasteiger partial charge in [0.15, 0.2) is 5.96 Å². The molecule has 3 aliphatic rings. The average molecular weight is 442 g/mol. The molecule has 32 heavy (non-hydrogen) atoms. The van der Waals surface area contributed by atoms with Gasteiger partial charge < -0.3 is 19.9 Å². The molecule has 4 rings (SSSR count). The Morgan fingerprint density at radius 2 is 1.75 bits per heavy atom. The number of ether oxygens (including phenoxy) is 1. The van der Waals surface area contributed by atoms with Crippen molar-refractivity contribution in [3.8, 4) is 0 Å². The number of hydrogen-bond acceptors (Lipinski definition) is 4. The minimum atomic E-state index is 0.142. The summed E-state index contributed by atoms with van der Waals surface area (Å²) >= 11 is 0. The van der Waals surface area contributed by atoms with Crippen LogP contribution in [0.25, 0.3) is 0 Å². The molecule has 2 unspecified atom stereocenters. The maximum absolute atomic E-state index is 12.5. The number of rotatable bonds is 5. The summed E-state index contributed by atoms with van der Waals surface area (Å²) in [5.74, 6) is 1.68. The van der Waals surface area contributed by atoms with Crippen LogP contribution in [0.15, 0.2) is 29.3 Å². The maximum atomic E-state index is 12.5. The molecule has 1 aromatic rings. The predicted molar refractivity (Wildman–Crippen MR) is 128 cm³/mol. The topological polar surface area (TPSA) is 60.4 Å². The van der Waals surface area contributed by atoms with Crippen LogP contribution in [0.4, 0.5) is 0 Å². The lowest BCUT2D eigenvalue weighted by Crippen LogP contribution is -2.54. The van der Waals surface area contributed by atoms with Gasteiger partial charge in [0.1, 0.15) is 0 Å². The van der Waals surface area contributed by atoms with Crippen molar-refractivity contribution in [1.82, 2.24) is 20.0 Å². The standard InChI is InChI=1S/C25H39N5O2/c1-20-7-9-21(10-8-20)24-22(6-5-17-32-24)18-27-25(26-2)30-15-13-28(14-16-30)19-23(31)29-11-3-4-12-29/h7-10,22,24H,3-6,11-19H2,1-2H3,(H,26,27). The molecule has 1 amide bonds. The summed E-state index contributed by atoms with van der Waals surface area (Å²) in [4.78, 5) is 23.6. The van der Waals surface area contributed by atoms with E-state index >= 15 is 0 Å². The summed E-state index contributed by atoms with van der Waals surface area (Å²) in [7, 11) is 1.86. The summed E-state index contributed by atoms with van der Waals surface area (Å²) in [6.07, 6.45) is 4.71. The molecular formula is C25H39N5O2. The highest BCUT2D eigenvalue weighted by atomic mass is 16.5. The lowest BCUT2D eigenvalue weighted by atomic mass is 9.89. The number of aryl methyl sites for hydroxylation is 1. The zero-order chi connectivity index (χ0) is 22.3. The fraction of sp³-hybridized carbons (Fsp3) is 0.680. The fourth-order valence-corrected chi connectivity index (χ4v) is 5.11. The molecule has 7 nitrogen and oxygen atoms in total. The van der Waals surface area contributed by atoms with E-state index in [1.54, 1.807) is 0 Å². The van der Waals surface area contributed by atoms with E-state index in [-0.39, 0.29) is 12.0 Å². The van der Waals surface area contributed by atoms with Gasteiger partial charge in [0.05, 0.1) is 12.6 Å². The molecule has 3 heterocycles. The van der Waals surface area contributed by atoms with Gasteiger partial charge in [-0.05, 0) is 38.2 Å². The van der Waals surface area contributed by atoms with Gasteiger partial charge in [-0.2, -0.15) is 0 Å². The number of hydrogen-bond donors (Lipinski definition) is 1. The smallest absolute Gasteiger partial charge is 0.236 e. The van der Waals surface area contributed by atoms with E-state index in [9.17, 15) is 4.79 Å². The summed E-state index contributed by atoms with van der Waals surface area (Å²) in [6.45, 7) is 9.84. The van der Waals surface area contributed by atoms with Crippen molar-refractivity contribution in [2.24, 2.45) is 10.9 Å². The van der Waals surface area contributed by atoms with Crippen molar-refractivity contribution in [2.75, 3.05) is 66.0 Å². The highest BCUT2D eigenvalue weighted by Crippen LogP contribution is 2.33. The third kappa shape index (κ3) is 5.81. The molecule has 3 fully saturated rings. The normalized spacial score (nSPS) is 25.2. The van der Waals surface area contributed by atoms with Gasteiger partial charge in [-0.15, -0.1) is 0 Å². The van der Waals surface area contributed by atoms with E-state index in [2.05, 4.69) is 51.3 Å². The Hall–Kier alpha value is -2.12. The van der Waals surface area contributed by atoms with Crippen molar-refractivity contribution in [3.05, 3.63) is 35.4 Å². The van der Waals surface area contributed by atoms with E-state index in [1.165, 1.54) is 11.1 Å². The third-order valence-corrected chi connectivity index (χ3v) is 7.07. The quantitative estimate of drug-likeness (QED) is 0.561. The van der Waals surface area contributed by atoms with Crippen LogP contribution in [0.5, 0.6) is 0 Å². The number of piperazine rings is 1. The highest BCUT2D eigenvalue weighted by Gasteiger charge is 2.29. The second kappa shape index (κ2) is 11.1. The van der Waals surface area contributed by atoms with Gasteiger partial charge in [-0.25, -0.2) is 0 Å². The second-order valence-corrected chi connectivity index (χ2v) is 9.38. The van der Waals surface area contributed by atoms with Crippen molar-refractivity contribution in [3.63, 3.8) is 0 Å². The van der Waals surface area contributed by atoms with Crippen molar-refractivity contribution >= 4 is 11.9 Å². The predicted octanol–water partition coefficient (Wildman–Crippen LogP) is 2.28. The number of benzene rings is 1. The van der Waals surface area contributed by atoms with Gasteiger partial charge in [0.2, 0.25) is 5.91 Å². The van der Waals surface area contributed by atoms with Crippen LogP contribution in [0, 0.1) is 12.8 Å². The molecule has 7 heteroatoms. The summed E-state index contributed by atoms with van der Waals surface area (Å²) in [5, 5.41) is 3.62. The first-order valence-electron chi connectivity index (χ1n) is 12.3. The fourth-order valence-electron chi connectivity index (χ4n) is 5.11. The van der Waals surface area contributed by atoms with Crippen molar-refractivity contribution < 1.29 is 9.53 Å². The molecule has 176 valence electrons. The van der Waals surface area contributed by atoms with Gasteiger partial charge in [0.25, 0.3) is 0 Å². The van der Waals surface area contributed by atoms with Crippen LogP contribution in [-0.2, 0) is 9.53 Å². The van der Waals surface area contributed by atoms with Gasteiger partial charge in [-0.1, -0.05) is 29.8 Å². The Morgan fingerprint density at radius 1 is 1.03 bits per heavy atom. The molecule has 1 aromatic carbocycles. The molecule has 1 N–H and O–H groups in total. The maximum Gasteiger partial charge on any atom is 0.236 e. The number of amides is 1. The number of likely N-dealkylation sites (tertiary alicyclic amines) is 1. The van der Waals surface area contributed by atoms with E-state index in [0.29, 0.717) is 12.5 Å². The van der Waals surface area contributed by atoms with Crippen LogP contribution in [0.2, 0.25) is 0 Å². The lowest BCUT2D eigenvalue weighted by Gasteiger charge is -2.38. The van der Waals surface area contributed by atoms with Crippen LogP contribution in [0.1, 0.15) is 42.9 Å². The minimum absolute atomic E-state index is 0.142. The molecule has 3 aliphatic heterocycles. The number of aliphatic imine (C=N–C) groups is 1. The number of nitrogens with zero attached hydrogens (tertiary/aromatic N) is 4. The number of nitrogens with one attached hydrogen (secondary N) is 1. The first kappa shape index (κ1) is 23.1. The van der Waals surface area contributed by atoms with Gasteiger partial charge >= 0.3 is 0 Å². The first-order chi connectivity index (χ1) is 15.6. The number of carbonyl (C=O) groups excluding carboxylic acids is 1. The zero-order valence-electron chi connectivity index (χ0n) is 19.8. The zero-order valence-corrected chi connectivity index (χ0v) is 19.8. The van der Waals surface area contributed by atoms with Crippen molar-refractivity contribution in [1.29, 1.82) is 0 Å². The van der Waals surface area contributed by atoms with E-state index in [4.69, 9.17) is 4.74 Å². The molecule has 2 atom stereocenters. The molecular weight excluding hydrogens is 402 g/mol. The molecule has 0 spiro atoms. The van der Waals surface area contributed by atoms with E-state index in [1.807, 2.05) is 11.9 Å². The number of guanidine groups is 1. The highest BCUT2D eigenvalue weighted by molar-refractivity contribution is 5.80. The molecule has 3 saturated heterocycles. The SMILES string of the molecule is CN=C(NCC1CCCOC1c1ccc(C)cc1)N1CCN(CC(=O)N2CCCC2)CC1. The summed E-state index contributed by atoms with van der Waals surface area (Å²) in [6, 6.07) is 8.75. The Bertz CT molecular complexity index is 767. The molecule has 0 radical (unpaired) electrons. The van der Waals surface area contributed by atoms with Crippen LogP contribution in [0.3, 0.4) is 0 Å². The van der Waals surface area contributed by atoms with Gasteiger partial charge in [0, 0.05) is 65.4 Å². The first-order valence-corrected chi connectivity index (χ1v) is 12.3. The van der Waals surface area contributed by atoms with Gasteiger partial charge in [-0.3, -0.25) is 14.7 Å². The van der Waals surface area contributed by atoms with Crippen LogP contribution in [-0.4, -0.2) is 92.6 Å². The Morgan fingerprint density at radius 3 is 2.44 bits per heavy atom. The number of carbonyl (C=O) groups is 1.